The van der Waals surface area contributed by atoms with Gasteiger partial charge in [0, 0.05) is 29.9 Å². The van der Waals surface area contributed by atoms with Crippen LogP contribution in [0.2, 0.25) is 0 Å². The van der Waals surface area contributed by atoms with Crippen molar-refractivity contribution in [3.63, 3.8) is 0 Å². The minimum atomic E-state index is -3.63. The largest absolute Gasteiger partial charge is 0.496 e. The fourth-order valence-electron chi connectivity index (χ4n) is 3.80. The second-order valence-corrected chi connectivity index (χ2v) is 9.22. The van der Waals surface area contributed by atoms with Crippen LogP contribution in [0.5, 0.6) is 5.75 Å². The number of rotatable bonds is 6. The van der Waals surface area contributed by atoms with Gasteiger partial charge in [-0.25, -0.2) is 8.42 Å². The van der Waals surface area contributed by atoms with Crippen LogP contribution in [0, 0.1) is 0 Å². The Kier molecular flexibility index (Phi) is 5.95. The molecule has 0 spiro atoms. The molecule has 0 saturated carbocycles. The van der Waals surface area contributed by atoms with Crippen molar-refractivity contribution in [1.82, 2.24) is 4.90 Å². The summed E-state index contributed by atoms with van der Waals surface area (Å²) in [6.07, 6.45) is 0.738. The molecule has 0 fully saturated rings. The Hall–Kier alpha value is -3.32. The highest BCUT2D eigenvalue weighted by Crippen LogP contribution is 2.26. The molecule has 0 aliphatic carbocycles. The quantitative estimate of drug-likeness (QED) is 0.637. The molecule has 6 nitrogen and oxygen atoms in total. The molecule has 160 valence electrons. The van der Waals surface area contributed by atoms with Gasteiger partial charge >= 0.3 is 0 Å². The third kappa shape index (κ3) is 4.88. The summed E-state index contributed by atoms with van der Waals surface area (Å²) >= 11 is 0. The molecule has 1 aliphatic heterocycles. The number of methoxy groups -OCH3 is 1. The summed E-state index contributed by atoms with van der Waals surface area (Å²) in [6.45, 7) is 1.09. The van der Waals surface area contributed by atoms with Crippen molar-refractivity contribution >= 4 is 21.6 Å². The molecule has 0 saturated heterocycles. The number of ether oxygens (including phenoxy) is 1. The predicted octanol–water partition coefficient (Wildman–Crippen LogP) is 3.84. The lowest BCUT2D eigenvalue weighted by atomic mass is 9.98. The summed E-state index contributed by atoms with van der Waals surface area (Å²) in [4.78, 5) is 14.6. The van der Waals surface area contributed by atoms with Gasteiger partial charge in [-0.05, 0) is 47.9 Å². The SMILES string of the molecule is COc1ccccc1CS(=O)(=O)Nc1ccc2c(c1)CN(C(=O)c1ccccc1)CC2. The fraction of sp³-hybridized carbons (Fsp3) is 0.208. The Morgan fingerprint density at radius 2 is 1.74 bits per heavy atom. The zero-order valence-electron chi connectivity index (χ0n) is 17.2. The van der Waals surface area contributed by atoms with Gasteiger partial charge < -0.3 is 9.64 Å². The van der Waals surface area contributed by atoms with Crippen LogP contribution in [0.3, 0.4) is 0 Å². The van der Waals surface area contributed by atoms with Gasteiger partial charge in [0.2, 0.25) is 10.0 Å². The molecule has 1 heterocycles. The van der Waals surface area contributed by atoms with E-state index in [1.54, 1.807) is 47.4 Å². The van der Waals surface area contributed by atoms with Gasteiger partial charge in [-0.15, -0.1) is 0 Å². The molecule has 0 atom stereocenters. The fourth-order valence-corrected chi connectivity index (χ4v) is 5.01. The van der Waals surface area contributed by atoms with Crippen molar-refractivity contribution < 1.29 is 17.9 Å². The average molecular weight is 437 g/mol. The van der Waals surface area contributed by atoms with Crippen LogP contribution in [-0.2, 0) is 28.7 Å². The van der Waals surface area contributed by atoms with Crippen molar-refractivity contribution in [2.24, 2.45) is 0 Å². The van der Waals surface area contributed by atoms with E-state index >= 15 is 0 Å². The number of nitrogens with one attached hydrogen (secondary N) is 1. The van der Waals surface area contributed by atoms with E-state index in [0.717, 1.165) is 17.5 Å². The van der Waals surface area contributed by atoms with Gasteiger partial charge in [0.25, 0.3) is 5.91 Å². The van der Waals surface area contributed by atoms with Crippen LogP contribution in [-0.4, -0.2) is 32.9 Å². The highest BCUT2D eigenvalue weighted by molar-refractivity contribution is 7.91. The number of para-hydroxylation sites is 1. The number of carbonyl (C=O) groups excluding carboxylic acids is 1. The van der Waals surface area contributed by atoms with Crippen LogP contribution >= 0.6 is 0 Å². The molecule has 0 unspecified atom stereocenters. The molecule has 1 aliphatic rings. The van der Waals surface area contributed by atoms with Crippen molar-refractivity contribution in [2.45, 2.75) is 18.7 Å². The maximum atomic E-state index is 12.8. The highest BCUT2D eigenvalue weighted by atomic mass is 32.2. The van der Waals surface area contributed by atoms with Crippen LogP contribution in [0.1, 0.15) is 27.0 Å². The topological polar surface area (TPSA) is 75.7 Å². The Morgan fingerprint density at radius 1 is 1.00 bits per heavy atom. The third-order valence-corrected chi connectivity index (χ3v) is 6.58. The molecule has 1 N–H and O–H groups in total. The first-order valence-corrected chi connectivity index (χ1v) is 11.7. The average Bonchev–Trinajstić information content (AvgIpc) is 2.78. The number of fused-ring (bicyclic) bond motifs is 1. The number of carbonyl (C=O) groups is 1. The Balaban J connectivity index is 1.50. The number of hydrogen-bond donors (Lipinski definition) is 1. The third-order valence-electron chi connectivity index (χ3n) is 5.34. The van der Waals surface area contributed by atoms with E-state index < -0.39 is 10.0 Å². The Morgan fingerprint density at radius 3 is 2.52 bits per heavy atom. The van der Waals surface area contributed by atoms with Gasteiger partial charge in [0.15, 0.2) is 0 Å². The number of nitrogens with zero attached hydrogens (tertiary/aromatic N) is 1. The molecular weight excluding hydrogens is 412 g/mol. The lowest BCUT2D eigenvalue weighted by molar-refractivity contribution is 0.0734. The van der Waals surface area contributed by atoms with E-state index in [9.17, 15) is 13.2 Å². The van der Waals surface area contributed by atoms with Crippen LogP contribution in [0.4, 0.5) is 5.69 Å². The van der Waals surface area contributed by atoms with E-state index in [2.05, 4.69) is 4.72 Å². The first kappa shape index (κ1) is 20.9. The number of benzene rings is 3. The Bertz CT molecular complexity index is 1190. The second kappa shape index (κ2) is 8.81. The van der Waals surface area contributed by atoms with Crippen molar-refractivity contribution in [3.05, 3.63) is 95.1 Å². The van der Waals surface area contributed by atoms with E-state index in [4.69, 9.17) is 4.74 Å². The standard InChI is InChI=1S/C24H24N2O4S/c1-30-23-10-6-5-9-20(23)17-31(28,29)25-22-12-11-18-13-14-26(16-21(18)15-22)24(27)19-7-3-2-4-8-19/h2-12,15,25H,13-14,16-17H2,1H3. The lowest BCUT2D eigenvalue weighted by Gasteiger charge is -2.29. The predicted molar refractivity (Wildman–Crippen MR) is 121 cm³/mol. The minimum absolute atomic E-state index is 0.0200. The second-order valence-electron chi connectivity index (χ2n) is 7.50. The van der Waals surface area contributed by atoms with Gasteiger partial charge in [-0.1, -0.05) is 42.5 Å². The van der Waals surface area contributed by atoms with Gasteiger partial charge in [0.05, 0.1) is 12.9 Å². The van der Waals surface area contributed by atoms with E-state index in [1.165, 1.54) is 7.11 Å². The first-order chi connectivity index (χ1) is 14.9. The molecule has 4 rings (SSSR count). The van der Waals surface area contributed by atoms with Crippen LogP contribution in [0.25, 0.3) is 0 Å². The van der Waals surface area contributed by atoms with E-state index in [1.807, 2.05) is 30.3 Å². The number of sulfonamides is 1. The molecule has 3 aromatic carbocycles. The summed E-state index contributed by atoms with van der Waals surface area (Å²) < 4.78 is 33.4. The lowest BCUT2D eigenvalue weighted by Crippen LogP contribution is -2.36. The zero-order chi connectivity index (χ0) is 21.8. The molecular formula is C24H24N2O4S. The summed E-state index contributed by atoms with van der Waals surface area (Å²) in [5.74, 6) is 0.328. The monoisotopic (exact) mass is 436 g/mol. The van der Waals surface area contributed by atoms with Gasteiger partial charge in [-0.3, -0.25) is 9.52 Å². The highest BCUT2D eigenvalue weighted by Gasteiger charge is 2.23. The summed E-state index contributed by atoms with van der Waals surface area (Å²) in [6, 6.07) is 21.8. The molecule has 0 aromatic heterocycles. The number of hydrogen-bond acceptors (Lipinski definition) is 4. The van der Waals surface area contributed by atoms with E-state index in [0.29, 0.717) is 35.7 Å². The molecule has 1 amide bonds. The summed E-state index contributed by atoms with van der Waals surface area (Å²) in [7, 11) is -2.11. The van der Waals surface area contributed by atoms with Crippen molar-refractivity contribution in [3.8, 4) is 5.75 Å². The number of anilines is 1. The zero-order valence-corrected chi connectivity index (χ0v) is 18.1. The number of amides is 1. The van der Waals surface area contributed by atoms with Crippen LogP contribution < -0.4 is 9.46 Å². The minimum Gasteiger partial charge on any atom is -0.496 e. The van der Waals surface area contributed by atoms with Gasteiger partial charge in [-0.2, -0.15) is 0 Å². The molecule has 31 heavy (non-hydrogen) atoms. The first-order valence-electron chi connectivity index (χ1n) is 10.0. The summed E-state index contributed by atoms with van der Waals surface area (Å²) in [5, 5.41) is 0. The normalized spacial score (nSPS) is 13.4. The molecule has 3 aromatic rings. The Labute approximate surface area is 182 Å². The maximum Gasteiger partial charge on any atom is 0.254 e. The smallest absolute Gasteiger partial charge is 0.254 e. The van der Waals surface area contributed by atoms with Crippen LogP contribution in [0.15, 0.2) is 72.8 Å². The van der Waals surface area contributed by atoms with E-state index in [-0.39, 0.29) is 11.7 Å². The molecule has 7 heteroatoms. The van der Waals surface area contributed by atoms with Crippen molar-refractivity contribution in [1.29, 1.82) is 0 Å². The molecule has 0 bridgehead atoms. The summed E-state index contributed by atoms with van der Waals surface area (Å²) in [5.41, 5.74) is 3.81. The maximum absolute atomic E-state index is 12.8. The van der Waals surface area contributed by atoms with Gasteiger partial charge in [0.1, 0.15) is 5.75 Å². The molecule has 0 radical (unpaired) electrons. The van der Waals surface area contributed by atoms with Crippen molar-refractivity contribution in [2.75, 3.05) is 18.4 Å².